The van der Waals surface area contributed by atoms with Gasteiger partial charge in [0.1, 0.15) is 5.82 Å². The minimum Gasteiger partial charge on any atom is -0.484 e. The molecule has 0 unspecified atom stereocenters. The molecule has 0 bridgehead atoms. The molecule has 2 heterocycles. The zero-order chi connectivity index (χ0) is 19.4. The molecule has 1 aromatic carbocycles. The smallest absolute Gasteiger partial charge is 0.297 e. The molecule has 0 atom stereocenters. The summed E-state index contributed by atoms with van der Waals surface area (Å²) in [5, 5.41) is 12.6. The van der Waals surface area contributed by atoms with E-state index in [0.717, 1.165) is 19.5 Å². The third-order valence-electron chi connectivity index (χ3n) is 4.24. The Morgan fingerprint density at radius 2 is 2.26 bits per heavy atom. The summed E-state index contributed by atoms with van der Waals surface area (Å²) in [7, 11) is 0. The molecular weight excluding hydrogens is 349 g/mol. The van der Waals surface area contributed by atoms with Crippen LogP contribution in [0, 0.1) is 17.1 Å². The molecule has 0 spiro atoms. The Bertz CT molecular complexity index is 913. The Kier molecular flexibility index (Phi) is 5.72. The lowest BCUT2D eigenvalue weighted by molar-refractivity contribution is 0.236. The minimum absolute atomic E-state index is 0.0353. The molecule has 3 rings (SSSR count). The molecule has 7 nitrogen and oxygen atoms in total. The zero-order valence-corrected chi connectivity index (χ0v) is 15.4. The van der Waals surface area contributed by atoms with Crippen LogP contribution in [-0.4, -0.2) is 35.4 Å². The Morgan fingerprint density at radius 3 is 2.93 bits per heavy atom. The van der Waals surface area contributed by atoms with Crippen LogP contribution in [0.5, 0.6) is 5.75 Å². The maximum Gasteiger partial charge on any atom is 0.297 e. The van der Waals surface area contributed by atoms with Crippen molar-refractivity contribution in [3.8, 4) is 11.8 Å². The van der Waals surface area contributed by atoms with Crippen LogP contribution in [0.3, 0.4) is 0 Å². The van der Waals surface area contributed by atoms with Gasteiger partial charge in [-0.2, -0.15) is 5.26 Å². The average molecular weight is 371 g/mol. The largest absolute Gasteiger partial charge is 0.484 e. The number of anilines is 1. The monoisotopic (exact) mass is 371 g/mol. The van der Waals surface area contributed by atoms with Crippen molar-refractivity contribution >= 4 is 5.95 Å². The first-order chi connectivity index (χ1) is 13.0. The van der Waals surface area contributed by atoms with Crippen molar-refractivity contribution in [1.82, 2.24) is 14.9 Å². The number of hydrogen-bond acceptors (Lipinski definition) is 6. The molecule has 1 aliphatic rings. The predicted octanol–water partition coefficient (Wildman–Crippen LogP) is 1.85. The van der Waals surface area contributed by atoms with Crippen LogP contribution in [0.1, 0.15) is 31.4 Å². The molecule has 27 heavy (non-hydrogen) atoms. The van der Waals surface area contributed by atoms with Gasteiger partial charge >= 0.3 is 0 Å². The highest BCUT2D eigenvalue weighted by atomic mass is 19.1. The molecule has 2 aromatic rings. The number of nitriles is 1. The van der Waals surface area contributed by atoms with Crippen LogP contribution in [0.2, 0.25) is 0 Å². The van der Waals surface area contributed by atoms with Gasteiger partial charge in [0.05, 0.1) is 37.1 Å². The molecule has 142 valence electrons. The second-order valence-electron chi connectivity index (χ2n) is 6.67. The fourth-order valence-electron chi connectivity index (χ4n) is 3.03. The summed E-state index contributed by atoms with van der Waals surface area (Å²) in [6.07, 6.45) is 2.17. The van der Waals surface area contributed by atoms with E-state index in [1.165, 1.54) is 29.0 Å². The first-order valence-electron chi connectivity index (χ1n) is 8.90. The van der Waals surface area contributed by atoms with E-state index in [4.69, 9.17) is 4.74 Å². The lowest BCUT2D eigenvalue weighted by atomic mass is 10.1. The van der Waals surface area contributed by atoms with Gasteiger partial charge in [-0.05, 0) is 50.6 Å². The van der Waals surface area contributed by atoms with Crippen molar-refractivity contribution in [2.45, 2.75) is 32.9 Å². The van der Waals surface area contributed by atoms with E-state index in [1.54, 1.807) is 0 Å². The molecule has 1 saturated heterocycles. The van der Waals surface area contributed by atoms with Crippen molar-refractivity contribution < 1.29 is 9.13 Å². The molecule has 1 aliphatic heterocycles. The summed E-state index contributed by atoms with van der Waals surface area (Å²) in [6, 6.07) is 5.98. The summed E-state index contributed by atoms with van der Waals surface area (Å²) in [4.78, 5) is 19.4. The average Bonchev–Trinajstić information content (AvgIpc) is 2.65. The maximum absolute atomic E-state index is 13.7. The second-order valence-corrected chi connectivity index (χ2v) is 6.67. The van der Waals surface area contributed by atoms with Crippen LogP contribution in [0.15, 0.2) is 29.2 Å². The third-order valence-corrected chi connectivity index (χ3v) is 4.24. The number of rotatable bonds is 5. The van der Waals surface area contributed by atoms with Gasteiger partial charge in [-0.3, -0.25) is 14.7 Å². The van der Waals surface area contributed by atoms with Gasteiger partial charge in [-0.1, -0.05) is 0 Å². The van der Waals surface area contributed by atoms with Gasteiger partial charge in [0, 0.05) is 6.54 Å². The molecule has 1 fully saturated rings. The van der Waals surface area contributed by atoms with Gasteiger partial charge in [-0.25, -0.2) is 9.37 Å². The second kappa shape index (κ2) is 8.18. The standard InChI is InChI=1S/C19H22FN5O2/c1-13(2)27-17-10-23-19(24-7-3-6-22-12-24)25(18(17)26)11-15-8-16(20)5-4-14(15)9-21/h4-5,8,10,13,22H,3,6-7,11-12H2,1-2H3. The Morgan fingerprint density at radius 1 is 1.44 bits per heavy atom. The van der Waals surface area contributed by atoms with E-state index >= 15 is 0 Å². The molecule has 0 aliphatic carbocycles. The van der Waals surface area contributed by atoms with Crippen molar-refractivity contribution in [2.24, 2.45) is 0 Å². The molecule has 1 aromatic heterocycles. The van der Waals surface area contributed by atoms with Crippen molar-refractivity contribution in [1.29, 1.82) is 5.26 Å². The number of hydrogen-bond donors (Lipinski definition) is 1. The van der Waals surface area contributed by atoms with Gasteiger partial charge in [0.15, 0.2) is 0 Å². The highest BCUT2D eigenvalue weighted by Gasteiger charge is 2.20. The molecule has 1 N–H and O–H groups in total. The topological polar surface area (TPSA) is 83.2 Å². The van der Waals surface area contributed by atoms with E-state index in [2.05, 4.69) is 10.3 Å². The van der Waals surface area contributed by atoms with E-state index in [0.29, 0.717) is 23.7 Å². The number of ether oxygens (including phenoxy) is 1. The van der Waals surface area contributed by atoms with Crippen LogP contribution in [0.4, 0.5) is 10.3 Å². The number of aromatic nitrogens is 2. The normalized spacial score (nSPS) is 14.3. The number of nitrogens with zero attached hydrogens (tertiary/aromatic N) is 4. The lowest BCUT2D eigenvalue weighted by Gasteiger charge is -2.30. The van der Waals surface area contributed by atoms with Gasteiger partial charge in [-0.15, -0.1) is 0 Å². The number of halogens is 1. The van der Waals surface area contributed by atoms with E-state index < -0.39 is 5.82 Å². The van der Waals surface area contributed by atoms with Crippen LogP contribution in [0.25, 0.3) is 0 Å². The summed E-state index contributed by atoms with van der Waals surface area (Å²) in [6.45, 7) is 5.90. The minimum atomic E-state index is -0.458. The quantitative estimate of drug-likeness (QED) is 0.864. The molecule has 0 amide bonds. The van der Waals surface area contributed by atoms with Gasteiger partial charge in [0.2, 0.25) is 11.7 Å². The van der Waals surface area contributed by atoms with Crippen LogP contribution >= 0.6 is 0 Å². The van der Waals surface area contributed by atoms with E-state index in [9.17, 15) is 14.4 Å². The van der Waals surface area contributed by atoms with E-state index in [-0.39, 0.29) is 24.0 Å². The maximum atomic E-state index is 13.7. The summed E-state index contributed by atoms with van der Waals surface area (Å²) in [5.74, 6) is 0.144. The Hall–Kier alpha value is -2.92. The molecule has 8 heteroatoms. The van der Waals surface area contributed by atoms with E-state index in [1.807, 2.05) is 24.8 Å². The van der Waals surface area contributed by atoms with Gasteiger partial charge in [0.25, 0.3) is 5.56 Å². The number of nitrogens with one attached hydrogen (secondary N) is 1. The highest BCUT2D eigenvalue weighted by molar-refractivity contribution is 5.41. The van der Waals surface area contributed by atoms with Gasteiger partial charge < -0.3 is 9.64 Å². The summed E-state index contributed by atoms with van der Waals surface area (Å²) < 4.78 is 20.8. The highest BCUT2D eigenvalue weighted by Crippen LogP contribution is 2.18. The van der Waals surface area contributed by atoms with Crippen molar-refractivity contribution in [3.05, 3.63) is 51.7 Å². The van der Waals surface area contributed by atoms with Crippen LogP contribution < -0.4 is 20.5 Å². The van der Waals surface area contributed by atoms with Crippen LogP contribution in [-0.2, 0) is 6.54 Å². The Labute approximate surface area is 157 Å². The first kappa shape index (κ1) is 18.9. The fraction of sp³-hybridized carbons (Fsp3) is 0.421. The first-order valence-corrected chi connectivity index (χ1v) is 8.90. The Balaban J connectivity index is 2.08. The lowest BCUT2D eigenvalue weighted by Crippen LogP contribution is -2.44. The zero-order valence-electron chi connectivity index (χ0n) is 15.4. The molecule has 0 radical (unpaired) electrons. The summed E-state index contributed by atoms with van der Waals surface area (Å²) >= 11 is 0. The van der Waals surface area contributed by atoms with Crippen molar-refractivity contribution in [2.75, 3.05) is 24.7 Å². The van der Waals surface area contributed by atoms with Crippen molar-refractivity contribution in [3.63, 3.8) is 0 Å². The summed E-state index contributed by atoms with van der Waals surface area (Å²) in [5.41, 5.74) is 0.392. The predicted molar refractivity (Wildman–Crippen MR) is 99.3 cm³/mol. The molecule has 0 saturated carbocycles. The third kappa shape index (κ3) is 4.26. The molecular formula is C19H22FN5O2. The number of benzene rings is 1. The fourth-order valence-corrected chi connectivity index (χ4v) is 3.03. The SMILES string of the molecule is CC(C)Oc1cnc(N2CCCNC2)n(Cc2cc(F)ccc2C#N)c1=O.